The zero-order valence-corrected chi connectivity index (χ0v) is 17.9. The average molecular weight is 457 g/mol. The molecule has 0 saturated heterocycles. The van der Waals surface area contributed by atoms with Crippen LogP contribution in [0.2, 0.25) is 5.02 Å². The van der Waals surface area contributed by atoms with Gasteiger partial charge in [0.2, 0.25) is 11.5 Å². The van der Waals surface area contributed by atoms with E-state index in [1.165, 1.54) is 6.21 Å². The Hall–Kier alpha value is -4.36. The minimum absolute atomic E-state index is 0.0909. The van der Waals surface area contributed by atoms with Crippen molar-refractivity contribution in [2.24, 2.45) is 5.10 Å². The van der Waals surface area contributed by atoms with Crippen LogP contribution in [0.1, 0.15) is 16.1 Å². The van der Waals surface area contributed by atoms with Crippen molar-refractivity contribution in [3.05, 3.63) is 95.4 Å². The lowest BCUT2D eigenvalue weighted by Crippen LogP contribution is -2.18. The molecule has 0 fully saturated rings. The molecule has 162 valence electrons. The summed E-state index contributed by atoms with van der Waals surface area (Å²) in [5.41, 5.74) is 12.0. The van der Waals surface area contributed by atoms with E-state index in [0.29, 0.717) is 33.0 Å². The predicted octanol–water partition coefficient (Wildman–Crippen LogP) is 5.75. The van der Waals surface area contributed by atoms with Gasteiger partial charge in [-0.15, -0.1) is 0 Å². The SMILES string of the molecule is Nc1c(C(=O)NN=Cc2ccccc2Cl)oc2nc(-c3ccccc3)cc(-c3ccco3)c12. The van der Waals surface area contributed by atoms with Crippen LogP contribution in [-0.4, -0.2) is 17.1 Å². The zero-order valence-electron chi connectivity index (χ0n) is 17.2. The van der Waals surface area contributed by atoms with Crippen LogP contribution in [-0.2, 0) is 0 Å². The molecular weight excluding hydrogens is 440 g/mol. The number of rotatable bonds is 5. The van der Waals surface area contributed by atoms with E-state index in [0.717, 1.165) is 5.56 Å². The number of furan rings is 2. The monoisotopic (exact) mass is 456 g/mol. The van der Waals surface area contributed by atoms with Gasteiger partial charge in [-0.05, 0) is 24.3 Å². The summed E-state index contributed by atoms with van der Waals surface area (Å²) in [5.74, 6) is -0.122. The number of anilines is 1. The van der Waals surface area contributed by atoms with E-state index in [1.54, 1.807) is 30.5 Å². The van der Waals surface area contributed by atoms with Gasteiger partial charge < -0.3 is 14.6 Å². The Bertz CT molecular complexity index is 1470. The molecule has 3 aromatic heterocycles. The van der Waals surface area contributed by atoms with Crippen molar-refractivity contribution in [3.8, 4) is 22.6 Å². The van der Waals surface area contributed by atoms with Crippen molar-refractivity contribution in [1.29, 1.82) is 0 Å². The summed E-state index contributed by atoms with van der Waals surface area (Å²) in [7, 11) is 0. The fraction of sp³-hybridized carbons (Fsp3) is 0. The first-order valence-corrected chi connectivity index (χ1v) is 10.4. The molecule has 2 aromatic carbocycles. The fourth-order valence-electron chi connectivity index (χ4n) is 3.46. The highest BCUT2D eigenvalue weighted by Crippen LogP contribution is 2.38. The number of amides is 1. The molecule has 8 heteroatoms. The van der Waals surface area contributed by atoms with E-state index in [-0.39, 0.29) is 17.2 Å². The van der Waals surface area contributed by atoms with E-state index in [4.69, 9.17) is 26.2 Å². The molecule has 0 radical (unpaired) electrons. The number of halogens is 1. The number of nitrogens with one attached hydrogen (secondary N) is 1. The Labute approximate surface area is 193 Å². The van der Waals surface area contributed by atoms with E-state index < -0.39 is 5.91 Å². The maximum Gasteiger partial charge on any atom is 0.309 e. The highest BCUT2D eigenvalue weighted by atomic mass is 35.5. The second-order valence-electron chi connectivity index (χ2n) is 7.14. The molecule has 0 spiro atoms. The third-order valence-corrected chi connectivity index (χ3v) is 5.38. The van der Waals surface area contributed by atoms with Crippen molar-refractivity contribution in [1.82, 2.24) is 10.4 Å². The number of nitrogens with two attached hydrogens (primary N) is 1. The van der Waals surface area contributed by atoms with Crippen LogP contribution in [0.25, 0.3) is 33.7 Å². The second kappa shape index (κ2) is 8.64. The Balaban J connectivity index is 1.55. The van der Waals surface area contributed by atoms with Crippen LogP contribution < -0.4 is 11.2 Å². The van der Waals surface area contributed by atoms with Crippen molar-refractivity contribution >= 4 is 40.5 Å². The number of carbonyl (C=O) groups is 1. The Morgan fingerprint density at radius 3 is 2.61 bits per heavy atom. The molecule has 0 aliphatic carbocycles. The summed E-state index contributed by atoms with van der Waals surface area (Å²) < 4.78 is 11.4. The number of benzene rings is 2. The summed E-state index contributed by atoms with van der Waals surface area (Å²) in [6.07, 6.45) is 3.01. The first-order chi connectivity index (χ1) is 16.1. The van der Waals surface area contributed by atoms with Gasteiger partial charge in [0.05, 0.1) is 29.2 Å². The number of hydrogen-bond donors (Lipinski definition) is 2. The van der Waals surface area contributed by atoms with Gasteiger partial charge in [-0.2, -0.15) is 5.10 Å². The summed E-state index contributed by atoms with van der Waals surface area (Å²) >= 11 is 6.11. The van der Waals surface area contributed by atoms with Gasteiger partial charge in [0, 0.05) is 21.7 Å². The van der Waals surface area contributed by atoms with Gasteiger partial charge in [-0.1, -0.05) is 60.1 Å². The van der Waals surface area contributed by atoms with Gasteiger partial charge >= 0.3 is 5.91 Å². The van der Waals surface area contributed by atoms with Gasteiger partial charge in [-0.25, -0.2) is 10.4 Å². The van der Waals surface area contributed by atoms with Gasteiger partial charge in [-0.3, -0.25) is 4.79 Å². The van der Waals surface area contributed by atoms with E-state index in [9.17, 15) is 4.79 Å². The summed E-state index contributed by atoms with van der Waals surface area (Å²) in [6, 6.07) is 22.2. The largest absolute Gasteiger partial charge is 0.464 e. The lowest BCUT2D eigenvalue weighted by molar-refractivity contribution is 0.0930. The van der Waals surface area contributed by atoms with Crippen LogP contribution in [0.3, 0.4) is 0 Å². The van der Waals surface area contributed by atoms with Crippen molar-refractivity contribution in [2.45, 2.75) is 0 Å². The minimum Gasteiger partial charge on any atom is -0.464 e. The van der Waals surface area contributed by atoms with Gasteiger partial charge in [0.25, 0.3) is 0 Å². The first-order valence-electron chi connectivity index (χ1n) is 10.0. The standard InChI is InChI=1S/C25H17ClN4O3/c26-18-10-5-4-9-16(18)14-28-30-24(31)23-22(27)21-17(20-11-6-12-32-20)13-19(29-25(21)33-23)15-7-2-1-3-8-15/h1-14H,27H2,(H,30,31). The molecule has 1 amide bonds. The topological polar surface area (TPSA) is 107 Å². The number of hydrazone groups is 1. The quantitative estimate of drug-likeness (QED) is 0.258. The Morgan fingerprint density at radius 2 is 1.85 bits per heavy atom. The molecule has 0 atom stereocenters. The number of aromatic nitrogens is 1. The fourth-order valence-corrected chi connectivity index (χ4v) is 3.65. The molecule has 0 bridgehead atoms. The zero-order chi connectivity index (χ0) is 22.8. The molecule has 33 heavy (non-hydrogen) atoms. The molecule has 0 saturated carbocycles. The highest BCUT2D eigenvalue weighted by Gasteiger charge is 2.24. The smallest absolute Gasteiger partial charge is 0.309 e. The molecule has 7 nitrogen and oxygen atoms in total. The van der Waals surface area contributed by atoms with Crippen LogP contribution in [0, 0.1) is 0 Å². The van der Waals surface area contributed by atoms with Crippen molar-refractivity contribution < 1.29 is 13.6 Å². The molecule has 5 aromatic rings. The van der Waals surface area contributed by atoms with Gasteiger partial charge in [0.1, 0.15) is 5.76 Å². The normalized spacial score (nSPS) is 11.3. The number of hydrogen-bond acceptors (Lipinski definition) is 6. The second-order valence-corrected chi connectivity index (χ2v) is 7.55. The van der Waals surface area contributed by atoms with E-state index >= 15 is 0 Å². The number of nitrogen functional groups attached to an aromatic ring is 1. The Morgan fingerprint density at radius 1 is 1.06 bits per heavy atom. The number of fused-ring (bicyclic) bond motifs is 1. The molecule has 0 aliphatic heterocycles. The minimum atomic E-state index is -0.611. The van der Waals surface area contributed by atoms with E-state index in [1.807, 2.05) is 48.5 Å². The summed E-state index contributed by atoms with van der Waals surface area (Å²) in [5, 5.41) is 4.97. The van der Waals surface area contributed by atoms with Crippen LogP contribution in [0.15, 0.2) is 93.0 Å². The van der Waals surface area contributed by atoms with Crippen LogP contribution >= 0.6 is 11.6 Å². The molecule has 0 unspecified atom stereocenters. The third kappa shape index (κ3) is 3.97. The van der Waals surface area contributed by atoms with Crippen molar-refractivity contribution in [3.63, 3.8) is 0 Å². The summed E-state index contributed by atoms with van der Waals surface area (Å²) in [6.45, 7) is 0. The predicted molar refractivity (Wildman–Crippen MR) is 128 cm³/mol. The lowest BCUT2D eigenvalue weighted by atomic mass is 10.0. The number of carbonyl (C=O) groups excluding carboxylic acids is 1. The molecule has 0 aliphatic rings. The maximum atomic E-state index is 12.8. The summed E-state index contributed by atoms with van der Waals surface area (Å²) in [4.78, 5) is 17.4. The lowest BCUT2D eigenvalue weighted by Gasteiger charge is -2.05. The number of pyridine rings is 1. The molecule has 3 heterocycles. The van der Waals surface area contributed by atoms with Gasteiger partial charge in [0.15, 0.2) is 0 Å². The highest BCUT2D eigenvalue weighted by molar-refractivity contribution is 6.33. The Kier molecular flexibility index (Phi) is 5.38. The number of nitrogens with zero attached hydrogens (tertiary/aromatic N) is 2. The third-order valence-electron chi connectivity index (χ3n) is 5.04. The van der Waals surface area contributed by atoms with Crippen LogP contribution in [0.5, 0.6) is 0 Å². The molecular formula is C25H17ClN4O3. The van der Waals surface area contributed by atoms with Crippen LogP contribution in [0.4, 0.5) is 5.69 Å². The molecule has 3 N–H and O–H groups in total. The molecule has 5 rings (SSSR count). The maximum absolute atomic E-state index is 12.8. The van der Waals surface area contributed by atoms with Crippen molar-refractivity contribution in [2.75, 3.05) is 5.73 Å². The average Bonchev–Trinajstić information content (AvgIpc) is 3.49. The van der Waals surface area contributed by atoms with E-state index in [2.05, 4.69) is 15.5 Å². The first kappa shape index (κ1) is 20.5.